The second kappa shape index (κ2) is 1.93. The van der Waals surface area contributed by atoms with E-state index in [0.29, 0.717) is 7.21 Å². The molecule has 1 aliphatic heterocycles. The molecule has 0 radical (unpaired) electrons. The summed E-state index contributed by atoms with van der Waals surface area (Å²) in [6.07, 6.45) is 2.26. The second-order valence-corrected chi connectivity index (χ2v) is 1.51. The molecule has 1 rings (SSSR count). The first-order valence-corrected chi connectivity index (χ1v) is 2.31. The van der Waals surface area contributed by atoms with Crippen molar-refractivity contribution in [2.75, 3.05) is 0 Å². The Hall–Kier alpha value is -1.26. The molecule has 4 nitrogen and oxygen atoms in total. The summed E-state index contributed by atoms with van der Waals surface area (Å²) in [6, 6.07) is 0. The third-order valence-electron chi connectivity index (χ3n) is 0.972. The summed E-state index contributed by atoms with van der Waals surface area (Å²) in [5, 5.41) is 6.58. The zero-order valence-electron chi connectivity index (χ0n) is 4.50. The molecule has 0 bridgehead atoms. The summed E-state index contributed by atoms with van der Waals surface area (Å²) < 4.78 is 0. The van der Waals surface area contributed by atoms with Crippen LogP contribution in [-0.4, -0.2) is 23.8 Å². The molecule has 0 unspecified atom stereocenters. The van der Waals surface area contributed by atoms with Crippen molar-refractivity contribution in [3.8, 4) is 0 Å². The van der Waals surface area contributed by atoms with E-state index < -0.39 is 11.8 Å². The summed E-state index contributed by atoms with van der Waals surface area (Å²) in [5.41, 5.74) is 0. The van der Waals surface area contributed by atoms with Gasteiger partial charge in [-0.25, -0.2) is 0 Å². The Bertz CT molecular complexity index is 193. The van der Waals surface area contributed by atoms with Crippen molar-refractivity contribution in [2.45, 2.75) is 0 Å². The number of imide groups is 1. The Kier molecular flexibility index (Phi) is 1.26. The van der Waals surface area contributed by atoms with Gasteiger partial charge in [0.25, 0.3) is 0 Å². The van der Waals surface area contributed by atoms with Crippen molar-refractivity contribution < 1.29 is 9.59 Å². The van der Waals surface area contributed by atoms with Crippen LogP contribution < -0.4 is 0 Å². The van der Waals surface area contributed by atoms with Crippen LogP contribution in [0.2, 0.25) is 0 Å². The molecule has 0 aromatic carbocycles. The zero-order valence-corrected chi connectivity index (χ0v) is 4.50. The fraction of sp³-hybridized carbons (Fsp3) is 0. The van der Waals surface area contributed by atoms with E-state index in [-0.39, 0.29) is 0 Å². The van der Waals surface area contributed by atoms with Crippen LogP contribution in [0.1, 0.15) is 0 Å². The van der Waals surface area contributed by atoms with Gasteiger partial charge in [-0.2, -0.15) is 0 Å². The second-order valence-electron chi connectivity index (χ2n) is 1.51. The minimum atomic E-state index is -0.449. The van der Waals surface area contributed by atoms with Gasteiger partial charge in [0.2, 0.25) is 0 Å². The summed E-state index contributed by atoms with van der Waals surface area (Å²) in [6.45, 7) is 0. The normalized spacial score (nSPS) is 16.7. The van der Waals surface area contributed by atoms with Crippen molar-refractivity contribution in [3.63, 3.8) is 0 Å². The molecule has 5 heteroatoms. The molecule has 0 fully saturated rings. The van der Waals surface area contributed by atoms with Crippen LogP contribution in [0.25, 0.3) is 0 Å². The van der Waals surface area contributed by atoms with Crippen molar-refractivity contribution in [3.05, 3.63) is 12.2 Å². The molecule has 1 N–H and O–H groups in total. The Morgan fingerprint density at radius 1 is 1.33 bits per heavy atom. The van der Waals surface area contributed by atoms with Crippen molar-refractivity contribution in [2.24, 2.45) is 0 Å². The first-order valence-electron chi connectivity index (χ1n) is 2.31. The molecule has 2 amide bonds. The third-order valence-corrected chi connectivity index (χ3v) is 0.972. The van der Waals surface area contributed by atoms with Crippen molar-refractivity contribution >= 4 is 19.0 Å². The Morgan fingerprint density at radius 3 is 2.00 bits per heavy atom. The summed E-state index contributed by atoms with van der Waals surface area (Å²) >= 11 is 0. The van der Waals surface area contributed by atoms with Gasteiger partial charge in [0.05, 0.1) is 0 Å². The van der Waals surface area contributed by atoms with Gasteiger partial charge >= 0.3 is 50.9 Å². The van der Waals surface area contributed by atoms with Crippen LogP contribution in [0.5, 0.6) is 0 Å². The van der Waals surface area contributed by atoms with Crippen LogP contribution in [0.4, 0.5) is 0 Å². The van der Waals surface area contributed by atoms with Gasteiger partial charge in [0.15, 0.2) is 0 Å². The van der Waals surface area contributed by atoms with Gasteiger partial charge in [-0.3, -0.25) is 0 Å². The molecule has 1 aliphatic rings. The Balaban J connectivity index is 2.87. The number of carbonyl (C=O) groups excluding carboxylic acids is 2. The maximum atomic E-state index is 10.5. The molecule has 0 saturated heterocycles. The van der Waals surface area contributed by atoms with E-state index >= 15 is 0 Å². The average Bonchev–Trinajstić information content (AvgIpc) is 2.12. The molecule has 0 aromatic rings. The SMILES string of the molecule is N=BN1C(=O)C=CC1=O. The van der Waals surface area contributed by atoms with Crippen molar-refractivity contribution in [1.29, 1.82) is 5.31 Å². The average molecular weight is 122 g/mol. The molecule has 0 atom stereocenters. The molecule has 0 aromatic heterocycles. The number of carbonyl (C=O) groups is 2. The Morgan fingerprint density at radius 2 is 1.78 bits per heavy atom. The van der Waals surface area contributed by atoms with E-state index in [1.54, 1.807) is 0 Å². The van der Waals surface area contributed by atoms with E-state index in [2.05, 4.69) is 0 Å². The molecule has 0 spiro atoms. The molecule has 0 saturated carbocycles. The number of hydrogen-bond acceptors (Lipinski definition) is 3. The number of rotatable bonds is 1. The van der Waals surface area contributed by atoms with Crippen LogP contribution in [0.15, 0.2) is 12.2 Å². The number of amides is 2. The quantitative estimate of drug-likeness (QED) is 0.369. The maximum absolute atomic E-state index is 10.5. The standard InChI is InChI=1S/C4H3BN2O2/c6-5-7-3(8)1-2-4(7)9/h1-2,6H. The van der Waals surface area contributed by atoms with Crippen LogP contribution in [-0.2, 0) is 9.59 Å². The summed E-state index contributed by atoms with van der Waals surface area (Å²) in [7, 11) is 0.699. The van der Waals surface area contributed by atoms with E-state index in [1.165, 1.54) is 0 Å². The van der Waals surface area contributed by atoms with Crippen LogP contribution >= 0.6 is 0 Å². The zero-order chi connectivity index (χ0) is 6.85. The first-order chi connectivity index (χ1) is 4.25. The van der Waals surface area contributed by atoms with Crippen LogP contribution in [0, 0.1) is 5.31 Å². The molecule has 0 aliphatic carbocycles. The van der Waals surface area contributed by atoms with Gasteiger partial charge in [0.1, 0.15) is 0 Å². The molecule has 44 valence electrons. The van der Waals surface area contributed by atoms with Gasteiger partial charge in [-0.15, -0.1) is 0 Å². The summed E-state index contributed by atoms with van der Waals surface area (Å²) in [4.78, 5) is 21.7. The first kappa shape index (κ1) is 5.87. The van der Waals surface area contributed by atoms with Gasteiger partial charge < -0.3 is 0 Å². The molecular weight excluding hydrogens is 119 g/mol. The minimum absolute atomic E-state index is 0.449. The van der Waals surface area contributed by atoms with Crippen LogP contribution in [0.3, 0.4) is 0 Å². The number of nitrogens with zero attached hydrogens (tertiary/aromatic N) is 1. The van der Waals surface area contributed by atoms with Gasteiger partial charge in [-0.1, -0.05) is 0 Å². The van der Waals surface area contributed by atoms with Crippen molar-refractivity contribution in [1.82, 2.24) is 4.81 Å². The van der Waals surface area contributed by atoms with E-state index in [4.69, 9.17) is 5.31 Å². The number of nitrogens with one attached hydrogen (secondary N) is 1. The predicted molar refractivity (Wildman–Crippen MR) is 29.5 cm³/mol. The van der Waals surface area contributed by atoms with E-state index in [0.717, 1.165) is 17.0 Å². The molecule has 9 heavy (non-hydrogen) atoms. The topological polar surface area (TPSA) is 61.2 Å². The number of hydrogen-bond donors (Lipinski definition) is 1. The van der Waals surface area contributed by atoms with Gasteiger partial charge in [-0.05, 0) is 0 Å². The fourth-order valence-electron chi connectivity index (χ4n) is 0.539. The molecule has 1 heterocycles. The van der Waals surface area contributed by atoms with E-state index in [9.17, 15) is 9.59 Å². The third kappa shape index (κ3) is 0.804. The molecular formula is C4H3BN2O2. The summed E-state index contributed by atoms with van der Waals surface area (Å²) in [5.74, 6) is -0.898. The van der Waals surface area contributed by atoms with E-state index in [1.807, 2.05) is 0 Å². The predicted octanol–water partition coefficient (Wildman–Crippen LogP) is -0.707. The fourth-order valence-corrected chi connectivity index (χ4v) is 0.539. The monoisotopic (exact) mass is 122 g/mol. The van der Waals surface area contributed by atoms with Gasteiger partial charge in [0, 0.05) is 0 Å². The Labute approximate surface area is 51.9 Å².